The first-order valence-corrected chi connectivity index (χ1v) is 10.3. The smallest absolute Gasteiger partial charge is 0.166 e. The summed E-state index contributed by atoms with van der Waals surface area (Å²) in [6.07, 6.45) is 9.28. The molecule has 3 fully saturated rings. The van der Waals surface area contributed by atoms with Gasteiger partial charge in [0.1, 0.15) is 0 Å². The van der Waals surface area contributed by atoms with E-state index in [1.54, 1.807) is 6.20 Å². The fourth-order valence-electron chi connectivity index (χ4n) is 4.95. The largest absolute Gasteiger partial charge is 0.393 e. The van der Waals surface area contributed by atoms with Crippen LogP contribution in [0.5, 0.6) is 0 Å². The van der Waals surface area contributed by atoms with Gasteiger partial charge in [-0.15, -0.1) is 0 Å². The number of halogens is 2. The highest BCUT2D eigenvalue weighted by molar-refractivity contribution is 9.10. The minimum atomic E-state index is -0.237. The van der Waals surface area contributed by atoms with Crippen molar-refractivity contribution in [1.82, 2.24) is 9.88 Å². The van der Waals surface area contributed by atoms with Gasteiger partial charge in [-0.25, -0.2) is 9.37 Å². The molecule has 4 nitrogen and oxygen atoms in total. The quantitative estimate of drug-likeness (QED) is 0.806. The monoisotopic (exact) mass is 411 g/mol. The molecule has 0 atom stereocenters. The first-order chi connectivity index (χ1) is 12.0. The number of hydrogen-bond acceptors (Lipinski definition) is 4. The molecule has 0 amide bonds. The van der Waals surface area contributed by atoms with Crippen LogP contribution in [0.2, 0.25) is 0 Å². The Morgan fingerprint density at radius 2 is 1.80 bits per heavy atom. The van der Waals surface area contributed by atoms with Crippen LogP contribution in [0, 0.1) is 11.2 Å². The van der Waals surface area contributed by atoms with Crippen molar-refractivity contribution in [1.29, 1.82) is 0 Å². The molecule has 3 aliphatic rings. The lowest BCUT2D eigenvalue weighted by molar-refractivity contribution is 0.0762. The molecule has 0 bridgehead atoms. The van der Waals surface area contributed by atoms with Crippen molar-refractivity contribution >= 4 is 21.7 Å². The highest BCUT2D eigenvalue weighted by Crippen LogP contribution is 2.43. The highest BCUT2D eigenvalue weighted by Gasteiger charge is 2.43. The van der Waals surface area contributed by atoms with Crippen molar-refractivity contribution in [3.05, 3.63) is 22.6 Å². The van der Waals surface area contributed by atoms with Gasteiger partial charge in [-0.3, -0.25) is 4.90 Å². The number of aliphatic hydroxyl groups is 1. The molecular formula is C19H27BrFN3O. The Kier molecular flexibility index (Phi) is 5.04. The molecule has 4 rings (SSSR count). The Morgan fingerprint density at radius 3 is 2.48 bits per heavy atom. The van der Waals surface area contributed by atoms with Gasteiger partial charge in [0.25, 0.3) is 0 Å². The van der Waals surface area contributed by atoms with E-state index in [2.05, 4.69) is 30.7 Å². The van der Waals surface area contributed by atoms with Gasteiger partial charge in [-0.2, -0.15) is 0 Å². The molecule has 138 valence electrons. The summed E-state index contributed by atoms with van der Waals surface area (Å²) in [7, 11) is 0. The number of nitrogens with zero attached hydrogens (tertiary/aromatic N) is 3. The number of aromatic nitrogens is 1. The van der Waals surface area contributed by atoms with Gasteiger partial charge in [-0.1, -0.05) is 0 Å². The normalized spacial score (nSPS) is 30.1. The average Bonchev–Trinajstić information content (AvgIpc) is 3.01. The Hall–Kier alpha value is -0.720. The summed E-state index contributed by atoms with van der Waals surface area (Å²) in [5, 5.41) is 9.73. The van der Waals surface area contributed by atoms with Crippen LogP contribution < -0.4 is 4.90 Å². The first-order valence-electron chi connectivity index (χ1n) is 9.53. The van der Waals surface area contributed by atoms with Crippen molar-refractivity contribution < 1.29 is 9.50 Å². The van der Waals surface area contributed by atoms with E-state index in [1.165, 1.54) is 25.6 Å². The van der Waals surface area contributed by atoms with Crippen molar-refractivity contribution in [3.63, 3.8) is 0 Å². The van der Waals surface area contributed by atoms with Gasteiger partial charge < -0.3 is 10.0 Å². The number of aliphatic hydroxyl groups excluding tert-OH is 1. The second-order valence-electron chi connectivity index (χ2n) is 8.13. The molecular weight excluding hydrogens is 385 g/mol. The van der Waals surface area contributed by atoms with Gasteiger partial charge >= 0.3 is 0 Å². The molecule has 0 unspecified atom stereocenters. The summed E-state index contributed by atoms with van der Waals surface area (Å²) >= 11 is 3.27. The SMILES string of the molecule is O[C@H]1CC[C@@H](N2CCC3(CCN(c4ncc(Br)cc4F)CC3)C2)CC1. The number of pyridine rings is 1. The number of piperidine rings is 1. The van der Waals surface area contributed by atoms with E-state index < -0.39 is 0 Å². The average molecular weight is 412 g/mol. The maximum absolute atomic E-state index is 14.2. The summed E-state index contributed by atoms with van der Waals surface area (Å²) in [4.78, 5) is 9.05. The molecule has 3 heterocycles. The highest BCUT2D eigenvalue weighted by atomic mass is 79.9. The fraction of sp³-hybridized carbons (Fsp3) is 0.737. The van der Waals surface area contributed by atoms with Crippen LogP contribution in [0.25, 0.3) is 0 Å². The van der Waals surface area contributed by atoms with Crippen LogP contribution in [-0.4, -0.2) is 53.3 Å². The lowest BCUT2D eigenvalue weighted by Gasteiger charge is -2.41. The minimum Gasteiger partial charge on any atom is -0.393 e. The zero-order chi connectivity index (χ0) is 17.4. The molecule has 2 saturated heterocycles. The number of likely N-dealkylation sites (tertiary alicyclic amines) is 1. The van der Waals surface area contributed by atoms with Gasteiger partial charge in [-0.05, 0) is 78.9 Å². The number of rotatable bonds is 2. The minimum absolute atomic E-state index is 0.0793. The third-order valence-corrected chi connectivity index (χ3v) is 7.00. The molecule has 1 spiro atoms. The summed E-state index contributed by atoms with van der Waals surface area (Å²) in [6, 6.07) is 2.16. The Labute approximate surface area is 157 Å². The molecule has 0 aromatic carbocycles. The zero-order valence-electron chi connectivity index (χ0n) is 14.6. The molecule has 2 aliphatic heterocycles. The molecule has 1 N–H and O–H groups in total. The van der Waals surface area contributed by atoms with Crippen LogP contribution in [0.3, 0.4) is 0 Å². The van der Waals surface area contributed by atoms with E-state index >= 15 is 0 Å². The van der Waals surface area contributed by atoms with Crippen LogP contribution in [0.4, 0.5) is 10.2 Å². The summed E-state index contributed by atoms with van der Waals surface area (Å²) in [6.45, 7) is 4.15. The fourth-order valence-corrected chi connectivity index (χ4v) is 5.25. The van der Waals surface area contributed by atoms with E-state index in [0.29, 0.717) is 21.7 Å². The molecule has 0 radical (unpaired) electrons. The van der Waals surface area contributed by atoms with E-state index in [0.717, 1.165) is 51.6 Å². The standard InChI is InChI=1S/C19H27BrFN3O/c20-14-11-17(21)18(22-12-14)23-8-5-19(6-9-23)7-10-24(13-19)15-1-3-16(25)4-2-15/h11-12,15-16,25H,1-10,13H2/t15-,16+. The van der Waals surface area contributed by atoms with Crippen LogP contribution in [-0.2, 0) is 0 Å². The van der Waals surface area contributed by atoms with E-state index in [-0.39, 0.29) is 11.9 Å². The molecule has 1 aliphatic carbocycles. The van der Waals surface area contributed by atoms with E-state index in [1.807, 2.05) is 0 Å². The van der Waals surface area contributed by atoms with Crippen molar-refractivity contribution in [2.75, 3.05) is 31.1 Å². The second-order valence-corrected chi connectivity index (χ2v) is 9.04. The van der Waals surface area contributed by atoms with Crippen molar-refractivity contribution in [2.45, 2.75) is 57.1 Å². The van der Waals surface area contributed by atoms with Crippen molar-refractivity contribution in [3.8, 4) is 0 Å². The van der Waals surface area contributed by atoms with Gasteiger partial charge in [0, 0.05) is 36.3 Å². The predicted octanol–water partition coefficient (Wildman–Crippen LogP) is 3.58. The number of anilines is 1. The second kappa shape index (κ2) is 7.12. The van der Waals surface area contributed by atoms with E-state index in [4.69, 9.17) is 0 Å². The lowest BCUT2D eigenvalue weighted by atomic mass is 9.77. The first kappa shape index (κ1) is 17.7. The third-order valence-electron chi connectivity index (χ3n) is 6.56. The summed E-state index contributed by atoms with van der Waals surface area (Å²) in [5.41, 5.74) is 0.401. The van der Waals surface area contributed by atoms with Crippen molar-refractivity contribution in [2.24, 2.45) is 5.41 Å². The predicted molar refractivity (Wildman–Crippen MR) is 100 cm³/mol. The molecule has 6 heteroatoms. The molecule has 25 heavy (non-hydrogen) atoms. The number of hydrogen-bond donors (Lipinski definition) is 1. The van der Waals surface area contributed by atoms with Gasteiger partial charge in [0.05, 0.1) is 6.10 Å². The Balaban J connectivity index is 1.35. The maximum atomic E-state index is 14.2. The van der Waals surface area contributed by atoms with Gasteiger partial charge in [0.2, 0.25) is 0 Å². The Morgan fingerprint density at radius 1 is 1.12 bits per heavy atom. The van der Waals surface area contributed by atoms with E-state index in [9.17, 15) is 9.50 Å². The zero-order valence-corrected chi connectivity index (χ0v) is 16.2. The van der Waals surface area contributed by atoms with Gasteiger partial charge in [0.15, 0.2) is 11.6 Å². The molecule has 1 aromatic heterocycles. The maximum Gasteiger partial charge on any atom is 0.166 e. The molecule has 1 aromatic rings. The topological polar surface area (TPSA) is 39.6 Å². The summed E-state index contributed by atoms with van der Waals surface area (Å²) < 4.78 is 14.9. The van der Waals surface area contributed by atoms with Crippen LogP contribution >= 0.6 is 15.9 Å². The third kappa shape index (κ3) is 3.71. The Bertz CT molecular complexity index is 613. The summed E-state index contributed by atoms with van der Waals surface area (Å²) in [5.74, 6) is 0.258. The van der Waals surface area contributed by atoms with Crippen LogP contribution in [0.1, 0.15) is 44.9 Å². The van der Waals surface area contributed by atoms with Crippen LogP contribution in [0.15, 0.2) is 16.7 Å². The molecule has 1 saturated carbocycles. The lowest BCUT2D eigenvalue weighted by Crippen LogP contribution is -2.44.